The van der Waals surface area contributed by atoms with Crippen LogP contribution in [0.5, 0.6) is 0 Å². The monoisotopic (exact) mass is 258 g/mol. The first kappa shape index (κ1) is 12.6. The molecule has 6 heteroatoms. The molecule has 0 unspecified atom stereocenters. The Bertz CT molecular complexity index is 626. The van der Waals surface area contributed by atoms with Crippen molar-refractivity contribution in [2.45, 2.75) is 0 Å². The highest BCUT2D eigenvalue weighted by atomic mass is 16.6. The number of para-hydroxylation sites is 1. The van der Waals surface area contributed by atoms with Crippen LogP contribution in [-0.2, 0) is 0 Å². The average Bonchev–Trinajstić information content (AvgIpc) is 2.39. The van der Waals surface area contributed by atoms with Gasteiger partial charge in [0.15, 0.2) is 0 Å². The summed E-state index contributed by atoms with van der Waals surface area (Å²) in [6, 6.07) is 12.4. The van der Waals surface area contributed by atoms with Crippen molar-refractivity contribution in [1.82, 2.24) is 0 Å². The Hall–Kier alpha value is -2.89. The summed E-state index contributed by atoms with van der Waals surface area (Å²) in [5, 5.41) is 22.7. The van der Waals surface area contributed by atoms with Crippen molar-refractivity contribution in [2.24, 2.45) is 0 Å². The minimum atomic E-state index is -1.13. The zero-order chi connectivity index (χ0) is 13.8. The molecule has 0 bridgehead atoms. The second-order valence-electron chi connectivity index (χ2n) is 3.79. The molecule has 0 heterocycles. The van der Waals surface area contributed by atoms with Crippen LogP contribution < -0.4 is 5.32 Å². The Kier molecular flexibility index (Phi) is 3.42. The van der Waals surface area contributed by atoms with Crippen LogP contribution in [0.2, 0.25) is 0 Å². The SMILES string of the molecule is O=C(O)c1ccc([N+](=O)[O-])c(Nc2ccccc2)c1. The number of rotatable bonds is 4. The molecule has 0 aliphatic carbocycles. The fourth-order valence-corrected chi connectivity index (χ4v) is 1.61. The zero-order valence-corrected chi connectivity index (χ0v) is 9.74. The summed E-state index contributed by atoms with van der Waals surface area (Å²) in [6.07, 6.45) is 0. The average molecular weight is 258 g/mol. The van der Waals surface area contributed by atoms with Gasteiger partial charge >= 0.3 is 5.97 Å². The van der Waals surface area contributed by atoms with Gasteiger partial charge in [-0.05, 0) is 24.3 Å². The molecule has 2 aromatic rings. The van der Waals surface area contributed by atoms with Crippen molar-refractivity contribution >= 4 is 23.0 Å². The Morgan fingerprint density at radius 3 is 2.42 bits per heavy atom. The van der Waals surface area contributed by atoms with E-state index in [-0.39, 0.29) is 16.9 Å². The third-order valence-corrected chi connectivity index (χ3v) is 2.49. The van der Waals surface area contributed by atoms with E-state index < -0.39 is 10.9 Å². The van der Waals surface area contributed by atoms with Gasteiger partial charge < -0.3 is 10.4 Å². The van der Waals surface area contributed by atoms with Crippen molar-refractivity contribution in [1.29, 1.82) is 0 Å². The third kappa shape index (κ3) is 2.86. The number of carboxylic acids is 1. The van der Waals surface area contributed by atoms with E-state index in [0.29, 0.717) is 5.69 Å². The molecule has 2 aromatic carbocycles. The van der Waals surface area contributed by atoms with E-state index >= 15 is 0 Å². The topological polar surface area (TPSA) is 92.5 Å². The fourth-order valence-electron chi connectivity index (χ4n) is 1.61. The Labute approximate surface area is 108 Å². The predicted molar refractivity (Wildman–Crippen MR) is 69.8 cm³/mol. The first-order valence-electron chi connectivity index (χ1n) is 5.42. The molecule has 0 saturated carbocycles. The van der Waals surface area contributed by atoms with Crippen LogP contribution in [0.3, 0.4) is 0 Å². The van der Waals surface area contributed by atoms with Crippen molar-refractivity contribution in [3.05, 3.63) is 64.2 Å². The largest absolute Gasteiger partial charge is 0.478 e. The number of nitrogens with zero attached hydrogens (tertiary/aromatic N) is 1. The van der Waals surface area contributed by atoms with Gasteiger partial charge in [-0.3, -0.25) is 10.1 Å². The number of anilines is 2. The molecule has 0 radical (unpaired) electrons. The van der Waals surface area contributed by atoms with E-state index in [1.165, 1.54) is 18.2 Å². The van der Waals surface area contributed by atoms with E-state index in [4.69, 9.17) is 5.11 Å². The molecule has 2 rings (SSSR count). The number of aromatic carboxylic acids is 1. The van der Waals surface area contributed by atoms with E-state index in [0.717, 1.165) is 0 Å². The van der Waals surface area contributed by atoms with Gasteiger partial charge in [0.05, 0.1) is 10.5 Å². The van der Waals surface area contributed by atoms with Gasteiger partial charge in [0, 0.05) is 11.8 Å². The molecule has 0 aromatic heterocycles. The van der Waals surface area contributed by atoms with Gasteiger partial charge in [0.2, 0.25) is 0 Å². The van der Waals surface area contributed by atoms with Crippen LogP contribution in [0.1, 0.15) is 10.4 Å². The lowest BCUT2D eigenvalue weighted by Crippen LogP contribution is -2.01. The number of carbonyl (C=O) groups is 1. The highest BCUT2D eigenvalue weighted by Crippen LogP contribution is 2.28. The Morgan fingerprint density at radius 2 is 1.84 bits per heavy atom. The van der Waals surface area contributed by atoms with Crippen LogP contribution in [0.15, 0.2) is 48.5 Å². The summed E-state index contributed by atoms with van der Waals surface area (Å²) in [4.78, 5) is 21.2. The van der Waals surface area contributed by atoms with E-state index in [9.17, 15) is 14.9 Å². The maximum absolute atomic E-state index is 10.9. The Morgan fingerprint density at radius 1 is 1.16 bits per heavy atom. The molecule has 0 aliphatic heterocycles. The molecule has 19 heavy (non-hydrogen) atoms. The summed E-state index contributed by atoms with van der Waals surface area (Å²) in [5.74, 6) is -1.13. The lowest BCUT2D eigenvalue weighted by Gasteiger charge is -2.07. The molecule has 0 atom stereocenters. The first-order chi connectivity index (χ1) is 9.08. The minimum absolute atomic E-state index is 0.0102. The number of benzene rings is 2. The summed E-state index contributed by atoms with van der Waals surface area (Å²) in [7, 11) is 0. The van der Waals surface area contributed by atoms with Crippen molar-refractivity contribution in [3.63, 3.8) is 0 Å². The Balaban J connectivity index is 2.43. The van der Waals surface area contributed by atoms with Crippen LogP contribution in [0, 0.1) is 10.1 Å². The molecular weight excluding hydrogens is 248 g/mol. The molecule has 0 aliphatic rings. The van der Waals surface area contributed by atoms with Crippen molar-refractivity contribution in [3.8, 4) is 0 Å². The van der Waals surface area contributed by atoms with Crippen LogP contribution in [0.4, 0.5) is 17.1 Å². The van der Waals surface area contributed by atoms with Gasteiger partial charge in [0.25, 0.3) is 5.69 Å². The second kappa shape index (κ2) is 5.18. The van der Waals surface area contributed by atoms with Crippen LogP contribution >= 0.6 is 0 Å². The molecule has 0 saturated heterocycles. The summed E-state index contributed by atoms with van der Waals surface area (Å²) < 4.78 is 0. The second-order valence-corrected chi connectivity index (χ2v) is 3.79. The number of carboxylic acid groups (broad SMARTS) is 1. The maximum atomic E-state index is 10.9. The highest BCUT2D eigenvalue weighted by molar-refractivity contribution is 5.90. The van der Waals surface area contributed by atoms with Gasteiger partial charge in [0.1, 0.15) is 5.69 Å². The highest BCUT2D eigenvalue weighted by Gasteiger charge is 2.16. The molecule has 0 amide bonds. The van der Waals surface area contributed by atoms with E-state index in [2.05, 4.69) is 5.32 Å². The van der Waals surface area contributed by atoms with E-state index in [1.807, 2.05) is 6.07 Å². The third-order valence-electron chi connectivity index (χ3n) is 2.49. The molecular formula is C13H10N2O4. The number of nitrogens with one attached hydrogen (secondary N) is 1. The summed E-state index contributed by atoms with van der Waals surface area (Å²) in [6.45, 7) is 0. The number of nitro benzene ring substituents is 1. The molecule has 2 N–H and O–H groups in total. The van der Waals surface area contributed by atoms with E-state index in [1.54, 1.807) is 24.3 Å². The molecule has 0 fully saturated rings. The summed E-state index contributed by atoms with van der Waals surface area (Å²) >= 11 is 0. The number of nitro groups is 1. The standard InChI is InChI=1S/C13H10N2O4/c16-13(17)9-6-7-12(15(18)19)11(8-9)14-10-4-2-1-3-5-10/h1-8,14H,(H,16,17). The first-order valence-corrected chi connectivity index (χ1v) is 5.42. The van der Waals surface area contributed by atoms with Gasteiger partial charge in [-0.2, -0.15) is 0 Å². The minimum Gasteiger partial charge on any atom is -0.478 e. The van der Waals surface area contributed by atoms with Gasteiger partial charge in [-0.1, -0.05) is 18.2 Å². The quantitative estimate of drug-likeness (QED) is 0.649. The fraction of sp³-hybridized carbons (Fsp3) is 0. The molecule has 0 spiro atoms. The maximum Gasteiger partial charge on any atom is 0.335 e. The normalized spacial score (nSPS) is 9.89. The lowest BCUT2D eigenvalue weighted by molar-refractivity contribution is -0.383. The van der Waals surface area contributed by atoms with Crippen LogP contribution in [0.25, 0.3) is 0 Å². The smallest absolute Gasteiger partial charge is 0.335 e. The van der Waals surface area contributed by atoms with Gasteiger partial charge in [-0.25, -0.2) is 4.79 Å². The lowest BCUT2D eigenvalue weighted by atomic mass is 10.1. The van der Waals surface area contributed by atoms with Crippen LogP contribution in [-0.4, -0.2) is 16.0 Å². The number of hydrogen-bond donors (Lipinski definition) is 2. The zero-order valence-electron chi connectivity index (χ0n) is 9.74. The molecule has 6 nitrogen and oxygen atoms in total. The number of hydrogen-bond acceptors (Lipinski definition) is 4. The summed E-state index contributed by atoms with van der Waals surface area (Å²) in [5.41, 5.74) is 0.613. The van der Waals surface area contributed by atoms with Crippen molar-refractivity contribution in [2.75, 3.05) is 5.32 Å². The predicted octanol–water partition coefficient (Wildman–Crippen LogP) is 3.04. The molecule has 96 valence electrons. The van der Waals surface area contributed by atoms with Gasteiger partial charge in [-0.15, -0.1) is 0 Å². The van der Waals surface area contributed by atoms with Crippen molar-refractivity contribution < 1.29 is 14.8 Å².